The minimum atomic E-state index is -1.46. The van der Waals surface area contributed by atoms with Crippen LogP contribution in [0.4, 0.5) is 13.2 Å². The Morgan fingerprint density at radius 3 is 2.17 bits per heavy atom. The van der Waals surface area contributed by atoms with E-state index in [1.165, 1.54) is 6.07 Å². The number of benzene rings is 2. The zero-order valence-corrected chi connectivity index (χ0v) is 9.71. The lowest BCUT2D eigenvalue weighted by Crippen LogP contribution is -1.94. The average Bonchev–Trinajstić information content (AvgIpc) is 2.38. The molecule has 0 aromatic heterocycles. The number of rotatable bonds is 3. The predicted octanol–water partition coefficient (Wildman–Crippen LogP) is 4.17. The van der Waals surface area contributed by atoms with Gasteiger partial charge in [-0.3, -0.25) is 0 Å². The maximum absolute atomic E-state index is 13.6. The zero-order valence-electron chi connectivity index (χ0n) is 9.71. The van der Waals surface area contributed by atoms with Gasteiger partial charge in [-0.2, -0.15) is 0 Å². The van der Waals surface area contributed by atoms with E-state index in [0.717, 1.165) is 6.07 Å². The fraction of sp³-hybridized carbons (Fsp3) is 0.143. The second kappa shape index (κ2) is 5.12. The van der Waals surface area contributed by atoms with Crippen molar-refractivity contribution in [1.82, 2.24) is 0 Å². The number of halogens is 3. The van der Waals surface area contributed by atoms with Crippen LogP contribution in [-0.4, -0.2) is 6.61 Å². The first-order valence-corrected chi connectivity index (χ1v) is 5.50. The first kappa shape index (κ1) is 12.5. The SMILES string of the molecule is CCOc1ccc(-c2ccc(F)c(F)c2F)cc1. The molecule has 0 aliphatic carbocycles. The van der Waals surface area contributed by atoms with Gasteiger partial charge in [0.05, 0.1) is 6.61 Å². The molecule has 94 valence electrons. The Hall–Kier alpha value is -1.97. The summed E-state index contributed by atoms with van der Waals surface area (Å²) in [6.07, 6.45) is 0. The fourth-order valence-electron chi connectivity index (χ4n) is 1.65. The molecule has 0 spiro atoms. The quantitative estimate of drug-likeness (QED) is 0.745. The second-order valence-electron chi connectivity index (χ2n) is 3.68. The predicted molar refractivity (Wildman–Crippen MR) is 62.9 cm³/mol. The lowest BCUT2D eigenvalue weighted by Gasteiger charge is -2.07. The second-order valence-corrected chi connectivity index (χ2v) is 3.68. The molecule has 0 heterocycles. The van der Waals surface area contributed by atoms with Crippen molar-refractivity contribution in [2.24, 2.45) is 0 Å². The van der Waals surface area contributed by atoms with Crippen molar-refractivity contribution in [3.8, 4) is 16.9 Å². The average molecular weight is 252 g/mol. The molecule has 0 saturated carbocycles. The van der Waals surface area contributed by atoms with Crippen molar-refractivity contribution in [3.63, 3.8) is 0 Å². The van der Waals surface area contributed by atoms with Gasteiger partial charge in [-0.05, 0) is 36.8 Å². The van der Waals surface area contributed by atoms with Crippen molar-refractivity contribution in [1.29, 1.82) is 0 Å². The van der Waals surface area contributed by atoms with E-state index in [1.54, 1.807) is 24.3 Å². The van der Waals surface area contributed by atoms with E-state index in [-0.39, 0.29) is 5.56 Å². The molecule has 2 aromatic rings. The molecule has 1 nitrogen and oxygen atoms in total. The molecule has 0 saturated heterocycles. The minimum absolute atomic E-state index is 0.0250. The maximum atomic E-state index is 13.6. The Morgan fingerprint density at radius 1 is 0.889 bits per heavy atom. The molecular formula is C14H11F3O. The van der Waals surface area contributed by atoms with Crippen LogP contribution in [0.5, 0.6) is 5.75 Å². The van der Waals surface area contributed by atoms with Crippen molar-refractivity contribution in [2.75, 3.05) is 6.61 Å². The highest BCUT2D eigenvalue weighted by Gasteiger charge is 2.14. The standard InChI is InChI=1S/C14H11F3O/c1-2-18-10-5-3-9(4-6-10)11-7-8-12(15)14(17)13(11)16/h3-8H,2H2,1H3. The van der Waals surface area contributed by atoms with E-state index in [2.05, 4.69) is 0 Å². The van der Waals surface area contributed by atoms with Gasteiger partial charge >= 0.3 is 0 Å². The lowest BCUT2D eigenvalue weighted by molar-refractivity contribution is 0.340. The lowest BCUT2D eigenvalue weighted by atomic mass is 10.0. The molecule has 0 bridgehead atoms. The molecule has 2 rings (SSSR count). The summed E-state index contributed by atoms with van der Waals surface area (Å²) in [6.45, 7) is 2.38. The van der Waals surface area contributed by atoms with Gasteiger partial charge in [0.15, 0.2) is 17.5 Å². The topological polar surface area (TPSA) is 9.23 Å². The highest BCUT2D eigenvalue weighted by Crippen LogP contribution is 2.27. The van der Waals surface area contributed by atoms with E-state index in [4.69, 9.17) is 4.74 Å². The number of hydrogen-bond donors (Lipinski definition) is 0. The van der Waals surface area contributed by atoms with Crippen LogP contribution in [0.15, 0.2) is 36.4 Å². The van der Waals surface area contributed by atoms with E-state index >= 15 is 0 Å². The third-order valence-electron chi connectivity index (χ3n) is 2.51. The highest BCUT2D eigenvalue weighted by atomic mass is 19.2. The van der Waals surface area contributed by atoms with Crippen LogP contribution in [0, 0.1) is 17.5 Å². The molecule has 18 heavy (non-hydrogen) atoms. The van der Waals surface area contributed by atoms with Gasteiger partial charge in [0.1, 0.15) is 5.75 Å². The molecular weight excluding hydrogens is 241 g/mol. The van der Waals surface area contributed by atoms with Gasteiger partial charge in [0, 0.05) is 5.56 Å². The van der Waals surface area contributed by atoms with Gasteiger partial charge in [-0.25, -0.2) is 13.2 Å². The molecule has 0 aliphatic rings. The Labute approximate surface area is 103 Å². The molecule has 2 aromatic carbocycles. The minimum Gasteiger partial charge on any atom is -0.494 e. The summed E-state index contributed by atoms with van der Waals surface area (Å²) in [5, 5.41) is 0. The van der Waals surface area contributed by atoms with Crippen molar-refractivity contribution in [3.05, 3.63) is 53.8 Å². The highest BCUT2D eigenvalue weighted by molar-refractivity contribution is 5.65. The van der Waals surface area contributed by atoms with Crippen LogP contribution in [0.2, 0.25) is 0 Å². The van der Waals surface area contributed by atoms with Crippen molar-refractivity contribution in [2.45, 2.75) is 6.92 Å². The third kappa shape index (κ3) is 2.32. The summed E-state index contributed by atoms with van der Waals surface area (Å²) in [4.78, 5) is 0. The molecule has 0 atom stereocenters. The Bertz CT molecular complexity index is 550. The monoisotopic (exact) mass is 252 g/mol. The van der Waals surface area contributed by atoms with E-state index < -0.39 is 17.5 Å². The number of hydrogen-bond acceptors (Lipinski definition) is 1. The Balaban J connectivity index is 2.40. The summed E-state index contributed by atoms with van der Waals surface area (Å²) in [6, 6.07) is 8.62. The molecule has 0 unspecified atom stereocenters. The van der Waals surface area contributed by atoms with Gasteiger partial charge < -0.3 is 4.74 Å². The fourth-order valence-corrected chi connectivity index (χ4v) is 1.65. The van der Waals surface area contributed by atoms with Crippen LogP contribution >= 0.6 is 0 Å². The molecule has 0 aliphatic heterocycles. The van der Waals surface area contributed by atoms with Crippen LogP contribution < -0.4 is 4.74 Å². The van der Waals surface area contributed by atoms with E-state index in [0.29, 0.717) is 17.9 Å². The first-order valence-electron chi connectivity index (χ1n) is 5.50. The third-order valence-corrected chi connectivity index (χ3v) is 2.51. The summed E-state index contributed by atoms with van der Waals surface area (Å²) in [5.41, 5.74) is 0.492. The van der Waals surface area contributed by atoms with Gasteiger partial charge in [-0.15, -0.1) is 0 Å². The van der Waals surface area contributed by atoms with Crippen LogP contribution in [0.1, 0.15) is 6.92 Å². The zero-order chi connectivity index (χ0) is 13.1. The van der Waals surface area contributed by atoms with E-state index in [9.17, 15) is 13.2 Å². The summed E-state index contributed by atoms with van der Waals surface area (Å²) in [5.74, 6) is -3.19. The maximum Gasteiger partial charge on any atom is 0.195 e. The molecule has 0 N–H and O–H groups in total. The van der Waals surface area contributed by atoms with E-state index in [1.807, 2.05) is 6.92 Å². The Morgan fingerprint density at radius 2 is 1.56 bits per heavy atom. The van der Waals surface area contributed by atoms with Gasteiger partial charge in [0.2, 0.25) is 0 Å². The Kier molecular flexibility index (Phi) is 3.55. The van der Waals surface area contributed by atoms with Crippen LogP contribution in [0.25, 0.3) is 11.1 Å². The van der Waals surface area contributed by atoms with Crippen molar-refractivity contribution >= 4 is 0 Å². The summed E-state index contributed by atoms with van der Waals surface area (Å²) in [7, 11) is 0. The van der Waals surface area contributed by atoms with Gasteiger partial charge in [0.25, 0.3) is 0 Å². The number of ether oxygens (including phenoxy) is 1. The van der Waals surface area contributed by atoms with Crippen LogP contribution in [-0.2, 0) is 0 Å². The molecule has 4 heteroatoms. The van der Waals surface area contributed by atoms with Crippen LogP contribution in [0.3, 0.4) is 0 Å². The largest absolute Gasteiger partial charge is 0.494 e. The molecule has 0 fully saturated rings. The summed E-state index contributed by atoms with van der Waals surface area (Å²) < 4.78 is 44.7. The molecule has 0 amide bonds. The smallest absolute Gasteiger partial charge is 0.195 e. The normalized spacial score (nSPS) is 10.4. The molecule has 0 radical (unpaired) electrons. The van der Waals surface area contributed by atoms with Crippen molar-refractivity contribution < 1.29 is 17.9 Å². The first-order chi connectivity index (χ1) is 8.63. The summed E-state index contributed by atoms with van der Waals surface area (Å²) >= 11 is 0. The van der Waals surface area contributed by atoms with Gasteiger partial charge in [-0.1, -0.05) is 12.1 Å².